The fourth-order valence-electron chi connectivity index (χ4n) is 3.26. The summed E-state index contributed by atoms with van der Waals surface area (Å²) in [5, 5.41) is 10.6. The van der Waals surface area contributed by atoms with E-state index in [4.69, 9.17) is 34.2 Å². The van der Waals surface area contributed by atoms with E-state index in [-0.39, 0.29) is 11.4 Å². The second kappa shape index (κ2) is 12.0. The van der Waals surface area contributed by atoms with E-state index in [1.807, 2.05) is 0 Å². The zero-order chi connectivity index (χ0) is 25.4. The first kappa shape index (κ1) is 26.6. The Hall–Kier alpha value is -3.64. The molecule has 12 heteroatoms. The third-order valence-electron chi connectivity index (χ3n) is 4.52. The fraction of sp³-hybridized carbons (Fsp3) is 0.455. The van der Waals surface area contributed by atoms with Crippen LogP contribution in [0.4, 0.5) is 5.69 Å². The number of benzene rings is 1. The number of hydrogen-bond acceptors (Lipinski definition) is 12. The van der Waals surface area contributed by atoms with Crippen molar-refractivity contribution in [2.24, 2.45) is 0 Å². The van der Waals surface area contributed by atoms with Crippen LogP contribution in [0.25, 0.3) is 6.08 Å². The molecule has 2 rings (SSSR count). The number of nitrogen functional groups attached to an aromatic ring is 1. The van der Waals surface area contributed by atoms with Gasteiger partial charge in [-0.1, -0.05) is 12.1 Å². The van der Waals surface area contributed by atoms with Crippen molar-refractivity contribution in [3.8, 4) is 5.75 Å². The van der Waals surface area contributed by atoms with Crippen molar-refractivity contribution in [3.63, 3.8) is 0 Å². The van der Waals surface area contributed by atoms with Gasteiger partial charge in [0.15, 0.2) is 18.3 Å². The van der Waals surface area contributed by atoms with Crippen LogP contribution in [0.2, 0.25) is 0 Å². The molecular formula is C22H26NO11-. The number of esters is 4. The highest BCUT2D eigenvalue weighted by Crippen LogP contribution is 2.33. The van der Waals surface area contributed by atoms with Gasteiger partial charge in [-0.15, -0.1) is 12.7 Å². The Bertz CT molecular complexity index is 945. The van der Waals surface area contributed by atoms with Crippen LogP contribution in [0.15, 0.2) is 24.3 Å². The molecule has 0 unspecified atom stereocenters. The van der Waals surface area contributed by atoms with Gasteiger partial charge in [-0.05, 0) is 17.7 Å². The molecule has 0 saturated carbocycles. The third kappa shape index (κ3) is 6.93. The molecule has 1 aliphatic heterocycles. The molecule has 1 fully saturated rings. The number of hydrogen-bond donors (Lipinski definition) is 1. The number of carbonyl (C=O) groups excluding carboxylic acids is 4. The average Bonchev–Trinajstić information content (AvgIpc) is 2.76. The van der Waals surface area contributed by atoms with E-state index in [2.05, 4.69) is 0 Å². The van der Waals surface area contributed by atoms with Crippen LogP contribution in [0.5, 0.6) is 5.75 Å². The van der Waals surface area contributed by atoms with Gasteiger partial charge in [-0.25, -0.2) is 4.79 Å². The maximum absolute atomic E-state index is 12.4. The predicted octanol–water partition coefficient (Wildman–Crippen LogP) is -0.286. The Labute approximate surface area is 195 Å². The second-order valence-electron chi connectivity index (χ2n) is 7.15. The van der Waals surface area contributed by atoms with Crippen LogP contribution in [-0.2, 0) is 42.9 Å². The summed E-state index contributed by atoms with van der Waals surface area (Å²) in [6.07, 6.45) is -4.57. The zero-order valence-electron chi connectivity index (χ0n) is 19.0. The number of methoxy groups -OCH3 is 1. The van der Waals surface area contributed by atoms with Crippen molar-refractivity contribution in [2.45, 2.75) is 51.5 Å². The van der Waals surface area contributed by atoms with Gasteiger partial charge in [0.1, 0.15) is 5.75 Å². The highest BCUT2D eigenvalue weighted by molar-refractivity contribution is 5.77. The molecular weight excluding hydrogens is 454 g/mol. The smallest absolute Gasteiger partial charge is 0.339 e. The van der Waals surface area contributed by atoms with Gasteiger partial charge in [0, 0.05) is 20.8 Å². The van der Waals surface area contributed by atoms with Gasteiger partial charge < -0.3 is 39.3 Å². The highest BCUT2D eigenvalue weighted by Gasteiger charge is 2.55. The molecule has 186 valence electrons. The third-order valence-corrected chi connectivity index (χ3v) is 4.52. The topological polar surface area (TPSA) is 173 Å². The first-order chi connectivity index (χ1) is 16.1. The van der Waals surface area contributed by atoms with Gasteiger partial charge in [0.05, 0.1) is 12.8 Å². The Morgan fingerprint density at radius 2 is 1.59 bits per heavy atom. The summed E-state index contributed by atoms with van der Waals surface area (Å²) in [5.74, 6) is -3.28. The number of ether oxygens (including phenoxy) is 6. The summed E-state index contributed by atoms with van der Waals surface area (Å²) in [5.41, 5.74) is 6.80. The molecule has 1 saturated heterocycles. The molecule has 0 aliphatic carbocycles. The maximum Gasteiger partial charge on any atom is 0.339 e. The van der Waals surface area contributed by atoms with Gasteiger partial charge in [0.2, 0.25) is 12.4 Å². The SMILES string of the molecule is COC(=O)[C@H]1O[C@@H](Oc2ccc(/C=C/C[O-])cc2N)[C@H](OC(C)=O)[C@@H](OC(C)=O)[C@@H]1OC(C)=O. The summed E-state index contributed by atoms with van der Waals surface area (Å²) in [6.45, 7) is 2.85. The normalized spacial score (nSPS) is 24.2. The maximum atomic E-state index is 12.4. The number of anilines is 1. The van der Waals surface area contributed by atoms with Crippen LogP contribution < -0.4 is 15.6 Å². The number of rotatable bonds is 8. The quantitative estimate of drug-likeness (QED) is 0.293. The van der Waals surface area contributed by atoms with Gasteiger partial charge in [-0.2, -0.15) is 0 Å². The number of nitrogens with two attached hydrogens (primary N) is 1. The molecule has 1 aromatic carbocycles. The molecule has 1 heterocycles. The molecule has 0 spiro atoms. The molecule has 34 heavy (non-hydrogen) atoms. The minimum atomic E-state index is -1.59. The minimum Gasteiger partial charge on any atom is -0.851 e. The highest BCUT2D eigenvalue weighted by atomic mass is 16.7. The van der Waals surface area contributed by atoms with Crippen molar-refractivity contribution in [1.29, 1.82) is 0 Å². The standard InChI is InChI=1S/C22H26NO11/c1-11(25)30-17-18(31-12(2)26)20(32-13(3)27)22(34-19(17)21(28)29-4)33-16-8-7-14(6-5-9-24)10-15(16)23/h5-8,10,17-20,22H,9,23H2,1-4H3/q-1/b6-5+/t17-,18-,19-,20+,22+/m0/s1. The van der Waals surface area contributed by atoms with Gasteiger partial charge in [-0.3, -0.25) is 14.4 Å². The monoisotopic (exact) mass is 480 g/mol. The molecule has 0 aromatic heterocycles. The van der Waals surface area contributed by atoms with Crippen molar-refractivity contribution in [3.05, 3.63) is 29.8 Å². The molecule has 5 atom stereocenters. The van der Waals surface area contributed by atoms with Crippen molar-refractivity contribution in [1.82, 2.24) is 0 Å². The van der Waals surface area contributed by atoms with E-state index >= 15 is 0 Å². The van der Waals surface area contributed by atoms with E-state index in [0.717, 1.165) is 27.9 Å². The van der Waals surface area contributed by atoms with Gasteiger partial charge in [0.25, 0.3) is 0 Å². The Balaban J connectivity index is 2.49. The molecule has 0 bridgehead atoms. The second-order valence-corrected chi connectivity index (χ2v) is 7.15. The van der Waals surface area contributed by atoms with Gasteiger partial charge >= 0.3 is 23.9 Å². The molecule has 1 aromatic rings. The van der Waals surface area contributed by atoms with Crippen molar-refractivity contribution >= 4 is 35.6 Å². The predicted molar refractivity (Wildman–Crippen MR) is 113 cm³/mol. The van der Waals surface area contributed by atoms with Crippen molar-refractivity contribution < 1.29 is 52.7 Å². The zero-order valence-corrected chi connectivity index (χ0v) is 19.0. The van der Waals surface area contributed by atoms with Crippen LogP contribution in [-0.4, -0.2) is 68.3 Å². The average molecular weight is 480 g/mol. The molecule has 12 nitrogen and oxygen atoms in total. The molecule has 2 N–H and O–H groups in total. The van der Waals surface area contributed by atoms with E-state index in [0.29, 0.717) is 5.56 Å². The lowest BCUT2D eigenvalue weighted by atomic mass is 9.97. The summed E-state index contributed by atoms with van der Waals surface area (Å²) in [7, 11) is 1.08. The summed E-state index contributed by atoms with van der Waals surface area (Å²) in [4.78, 5) is 47.8. The first-order valence-corrected chi connectivity index (χ1v) is 10.1. The van der Waals surface area contributed by atoms with Crippen LogP contribution in [0, 0.1) is 0 Å². The first-order valence-electron chi connectivity index (χ1n) is 10.1. The number of carbonyl (C=O) groups is 4. The van der Waals surface area contributed by atoms with Crippen molar-refractivity contribution in [2.75, 3.05) is 19.5 Å². The Morgan fingerprint density at radius 3 is 2.12 bits per heavy atom. The van der Waals surface area contributed by atoms with E-state index in [1.165, 1.54) is 18.2 Å². The summed E-state index contributed by atoms with van der Waals surface area (Å²) < 4.78 is 31.9. The minimum absolute atomic E-state index is 0.0811. The van der Waals surface area contributed by atoms with Crippen LogP contribution in [0.1, 0.15) is 26.3 Å². The molecule has 1 aliphatic rings. The Morgan fingerprint density at radius 1 is 1.00 bits per heavy atom. The van der Waals surface area contributed by atoms with Crippen LogP contribution >= 0.6 is 0 Å². The van der Waals surface area contributed by atoms with E-state index in [1.54, 1.807) is 12.1 Å². The molecule has 0 radical (unpaired) electrons. The fourth-order valence-corrected chi connectivity index (χ4v) is 3.26. The lowest BCUT2D eigenvalue weighted by Gasteiger charge is -2.43. The van der Waals surface area contributed by atoms with E-state index < -0.39 is 61.2 Å². The van der Waals surface area contributed by atoms with Crippen LogP contribution in [0.3, 0.4) is 0 Å². The lowest BCUT2D eigenvalue weighted by molar-refractivity contribution is -0.352. The summed E-state index contributed by atoms with van der Waals surface area (Å²) >= 11 is 0. The lowest BCUT2D eigenvalue weighted by Crippen LogP contribution is -2.64. The van der Waals surface area contributed by atoms with E-state index in [9.17, 15) is 24.3 Å². The summed E-state index contributed by atoms with van der Waals surface area (Å²) in [6, 6.07) is 4.60. The molecule has 0 amide bonds. The largest absolute Gasteiger partial charge is 0.851 e. The Kier molecular flexibility index (Phi) is 9.39.